The van der Waals surface area contributed by atoms with Crippen LogP contribution < -0.4 is 9.47 Å². The predicted molar refractivity (Wildman–Crippen MR) is 65.0 cm³/mol. The third-order valence-electron chi connectivity index (χ3n) is 3.01. The molecule has 0 amide bonds. The highest BCUT2D eigenvalue weighted by molar-refractivity contribution is 5.50. The second-order valence-electron chi connectivity index (χ2n) is 4.04. The molecule has 104 valence electrons. The van der Waals surface area contributed by atoms with E-state index in [0.717, 1.165) is 5.56 Å². The van der Waals surface area contributed by atoms with Crippen LogP contribution in [0.4, 0.5) is 0 Å². The highest BCUT2D eigenvalue weighted by atomic mass is 16.7. The maximum absolute atomic E-state index is 10.7. The quantitative estimate of drug-likeness (QED) is 0.598. The summed E-state index contributed by atoms with van der Waals surface area (Å²) >= 11 is 0. The van der Waals surface area contributed by atoms with E-state index in [2.05, 4.69) is 0 Å². The molecule has 2 unspecified atom stereocenters. The molecule has 1 aromatic rings. The topological polar surface area (TPSA) is 80.1 Å². The van der Waals surface area contributed by atoms with Crippen LogP contribution in [0.3, 0.4) is 0 Å². The van der Waals surface area contributed by atoms with Gasteiger partial charge in [-0.3, -0.25) is 10.1 Å². The number of rotatable bonds is 5. The van der Waals surface area contributed by atoms with Crippen molar-refractivity contribution in [3.63, 3.8) is 0 Å². The van der Waals surface area contributed by atoms with Crippen molar-refractivity contribution in [2.45, 2.75) is 12.4 Å². The van der Waals surface area contributed by atoms with Gasteiger partial charge in [-0.15, -0.1) is 0 Å². The van der Waals surface area contributed by atoms with Gasteiger partial charge in [0.2, 0.25) is 6.54 Å². The van der Waals surface area contributed by atoms with E-state index in [1.807, 2.05) is 0 Å². The van der Waals surface area contributed by atoms with Crippen LogP contribution in [0.15, 0.2) is 12.1 Å². The van der Waals surface area contributed by atoms with E-state index >= 15 is 0 Å². The van der Waals surface area contributed by atoms with Crippen molar-refractivity contribution < 1.29 is 23.9 Å². The molecule has 19 heavy (non-hydrogen) atoms. The van der Waals surface area contributed by atoms with Crippen molar-refractivity contribution in [2.24, 2.45) is 0 Å². The Kier molecular flexibility index (Phi) is 3.87. The van der Waals surface area contributed by atoms with Crippen LogP contribution in [0, 0.1) is 10.1 Å². The lowest BCUT2D eigenvalue weighted by molar-refractivity contribution is -0.494. The molecule has 0 radical (unpaired) electrons. The van der Waals surface area contributed by atoms with Crippen LogP contribution in [0.25, 0.3) is 0 Å². The second-order valence-corrected chi connectivity index (χ2v) is 4.04. The van der Waals surface area contributed by atoms with E-state index in [9.17, 15) is 10.1 Å². The number of nitro groups is 1. The van der Waals surface area contributed by atoms with E-state index in [-0.39, 0.29) is 6.54 Å². The van der Waals surface area contributed by atoms with Crippen molar-refractivity contribution in [1.29, 1.82) is 0 Å². The van der Waals surface area contributed by atoms with Crippen molar-refractivity contribution in [3.05, 3.63) is 33.4 Å². The SMILES string of the molecule is COc1cc2c(cc1OC)C(OC)OC2C[N+](=O)[O-]. The van der Waals surface area contributed by atoms with Crippen LogP contribution >= 0.6 is 0 Å². The molecule has 0 N–H and O–H groups in total. The molecule has 1 aliphatic rings. The van der Waals surface area contributed by atoms with Gasteiger partial charge < -0.3 is 18.9 Å². The van der Waals surface area contributed by atoms with Gasteiger partial charge >= 0.3 is 0 Å². The van der Waals surface area contributed by atoms with Gasteiger partial charge in [0, 0.05) is 17.6 Å². The Hall–Kier alpha value is -1.86. The van der Waals surface area contributed by atoms with Gasteiger partial charge in [0.25, 0.3) is 0 Å². The Morgan fingerprint density at radius 1 is 1.21 bits per heavy atom. The average Bonchev–Trinajstić information content (AvgIpc) is 2.73. The highest BCUT2D eigenvalue weighted by Crippen LogP contribution is 2.44. The van der Waals surface area contributed by atoms with E-state index in [0.29, 0.717) is 17.1 Å². The maximum Gasteiger partial charge on any atom is 0.234 e. The molecule has 1 heterocycles. The molecule has 2 rings (SSSR count). The molecule has 1 aliphatic heterocycles. The van der Waals surface area contributed by atoms with E-state index in [1.165, 1.54) is 21.3 Å². The largest absolute Gasteiger partial charge is 0.493 e. The number of hydrogen-bond acceptors (Lipinski definition) is 6. The third-order valence-corrected chi connectivity index (χ3v) is 3.01. The third kappa shape index (κ3) is 2.47. The molecule has 0 fully saturated rings. The zero-order chi connectivity index (χ0) is 14.0. The second kappa shape index (κ2) is 5.41. The van der Waals surface area contributed by atoms with Crippen molar-refractivity contribution >= 4 is 0 Å². The summed E-state index contributed by atoms with van der Waals surface area (Å²) < 4.78 is 21.1. The Morgan fingerprint density at radius 3 is 2.26 bits per heavy atom. The summed E-state index contributed by atoms with van der Waals surface area (Å²) in [5.41, 5.74) is 1.42. The summed E-state index contributed by atoms with van der Waals surface area (Å²) in [6.07, 6.45) is -1.27. The Morgan fingerprint density at radius 2 is 1.79 bits per heavy atom. The summed E-state index contributed by atoms with van der Waals surface area (Å²) in [6, 6.07) is 3.42. The van der Waals surface area contributed by atoms with Crippen molar-refractivity contribution in [2.75, 3.05) is 27.9 Å². The number of hydrogen-bond donors (Lipinski definition) is 0. The summed E-state index contributed by atoms with van der Waals surface area (Å²) in [5, 5.41) is 10.7. The number of ether oxygens (including phenoxy) is 4. The van der Waals surface area contributed by atoms with Gasteiger partial charge in [-0.1, -0.05) is 0 Å². The van der Waals surface area contributed by atoms with Gasteiger partial charge in [-0.25, -0.2) is 0 Å². The standard InChI is InChI=1S/C12H15NO6/c1-16-9-4-7-8(5-10(9)17-2)12(18-3)19-11(7)6-13(14)15/h4-5,11-12H,6H2,1-3H3. The van der Waals surface area contributed by atoms with E-state index in [4.69, 9.17) is 18.9 Å². The fourth-order valence-electron chi connectivity index (χ4n) is 2.15. The molecular formula is C12H15NO6. The predicted octanol–water partition coefficient (Wildman–Crippen LogP) is 1.70. The minimum Gasteiger partial charge on any atom is -0.493 e. The van der Waals surface area contributed by atoms with Crippen LogP contribution in [-0.4, -0.2) is 32.8 Å². The number of nitrogens with zero attached hydrogens (tertiary/aromatic N) is 1. The Labute approximate surface area is 110 Å². The lowest BCUT2D eigenvalue weighted by atomic mass is 10.0. The summed E-state index contributed by atoms with van der Waals surface area (Å²) in [7, 11) is 4.52. The first-order valence-electron chi connectivity index (χ1n) is 5.66. The lowest BCUT2D eigenvalue weighted by Crippen LogP contribution is -2.12. The summed E-state index contributed by atoms with van der Waals surface area (Å²) in [6.45, 7) is -0.317. The molecule has 0 aliphatic carbocycles. The van der Waals surface area contributed by atoms with Gasteiger partial charge in [-0.2, -0.15) is 0 Å². The molecule has 7 nitrogen and oxygen atoms in total. The molecule has 0 aromatic heterocycles. The number of benzene rings is 1. The van der Waals surface area contributed by atoms with Crippen LogP contribution in [0.1, 0.15) is 23.5 Å². The highest BCUT2D eigenvalue weighted by Gasteiger charge is 2.36. The zero-order valence-electron chi connectivity index (χ0n) is 10.9. The number of fused-ring (bicyclic) bond motifs is 1. The minimum atomic E-state index is -0.644. The Balaban J connectivity index is 2.44. The Bertz CT molecular complexity index is 489. The van der Waals surface area contributed by atoms with E-state index in [1.54, 1.807) is 12.1 Å². The molecule has 0 bridgehead atoms. The fraction of sp³-hybridized carbons (Fsp3) is 0.500. The molecule has 0 spiro atoms. The molecule has 1 aromatic carbocycles. The number of methoxy groups -OCH3 is 3. The van der Waals surface area contributed by atoms with Gasteiger partial charge in [0.1, 0.15) is 0 Å². The summed E-state index contributed by atoms with van der Waals surface area (Å²) in [5.74, 6) is 1.05. The smallest absolute Gasteiger partial charge is 0.234 e. The van der Waals surface area contributed by atoms with Crippen molar-refractivity contribution in [3.8, 4) is 11.5 Å². The van der Waals surface area contributed by atoms with Crippen LogP contribution in [-0.2, 0) is 9.47 Å². The first kappa shape index (κ1) is 13.6. The van der Waals surface area contributed by atoms with Crippen LogP contribution in [0.2, 0.25) is 0 Å². The monoisotopic (exact) mass is 269 g/mol. The van der Waals surface area contributed by atoms with Gasteiger partial charge in [-0.05, 0) is 17.7 Å². The van der Waals surface area contributed by atoms with Gasteiger partial charge in [0.05, 0.1) is 14.2 Å². The summed E-state index contributed by atoms with van der Waals surface area (Å²) in [4.78, 5) is 10.3. The normalized spacial score (nSPS) is 21.0. The molecule has 7 heteroatoms. The maximum atomic E-state index is 10.7. The molecule has 2 atom stereocenters. The average molecular weight is 269 g/mol. The zero-order valence-corrected chi connectivity index (χ0v) is 10.9. The lowest BCUT2D eigenvalue weighted by Gasteiger charge is -2.11. The first-order chi connectivity index (χ1) is 9.10. The molecule has 0 saturated heterocycles. The molecule has 0 saturated carbocycles. The first-order valence-corrected chi connectivity index (χ1v) is 5.66. The van der Waals surface area contributed by atoms with Gasteiger partial charge in [0.15, 0.2) is 23.9 Å². The minimum absolute atomic E-state index is 0.317. The van der Waals surface area contributed by atoms with Crippen molar-refractivity contribution in [1.82, 2.24) is 0 Å². The van der Waals surface area contributed by atoms with Crippen LogP contribution in [0.5, 0.6) is 11.5 Å². The molecular weight excluding hydrogens is 254 g/mol. The van der Waals surface area contributed by atoms with E-state index < -0.39 is 17.3 Å². The fourth-order valence-corrected chi connectivity index (χ4v) is 2.15.